The summed E-state index contributed by atoms with van der Waals surface area (Å²) in [6.07, 6.45) is 5.76. The van der Waals surface area contributed by atoms with Crippen LogP contribution >= 0.6 is 11.6 Å². The van der Waals surface area contributed by atoms with Crippen LogP contribution in [0, 0.1) is 0 Å². The molecule has 0 saturated heterocycles. The standard InChI is InChI=1S/C15H14ClN5O2S/c1-24(22,23)15-19-5-4-13(20-15)21-7-6-18-14(21)10-2-3-12(16)11(8-10)9-17/h2-8H,9,17H2,1H3. The Bertz CT molecular complexity index is 1000. The zero-order chi connectivity index (χ0) is 17.3. The molecule has 0 bridgehead atoms. The molecule has 0 aliphatic heterocycles. The molecular formula is C15H14ClN5O2S. The Morgan fingerprint density at radius 1 is 1.21 bits per heavy atom. The van der Waals surface area contributed by atoms with Gasteiger partial charge < -0.3 is 5.73 Å². The highest BCUT2D eigenvalue weighted by atomic mass is 35.5. The van der Waals surface area contributed by atoms with Crippen molar-refractivity contribution in [2.24, 2.45) is 5.73 Å². The first kappa shape index (κ1) is 16.6. The van der Waals surface area contributed by atoms with E-state index in [0.717, 1.165) is 17.4 Å². The van der Waals surface area contributed by atoms with Crippen LogP contribution in [-0.4, -0.2) is 34.2 Å². The zero-order valence-corrected chi connectivity index (χ0v) is 14.3. The van der Waals surface area contributed by atoms with Gasteiger partial charge in [-0.3, -0.25) is 4.57 Å². The molecule has 0 fully saturated rings. The van der Waals surface area contributed by atoms with E-state index in [-0.39, 0.29) is 5.16 Å². The Morgan fingerprint density at radius 3 is 2.71 bits per heavy atom. The third kappa shape index (κ3) is 3.16. The highest BCUT2D eigenvalue weighted by molar-refractivity contribution is 7.90. The summed E-state index contributed by atoms with van der Waals surface area (Å²) in [5, 5.41) is 0.346. The molecule has 24 heavy (non-hydrogen) atoms. The maximum atomic E-state index is 11.7. The normalized spacial score (nSPS) is 11.6. The SMILES string of the molecule is CS(=O)(=O)c1nccc(-n2ccnc2-c2ccc(Cl)c(CN)c2)n1. The van der Waals surface area contributed by atoms with Crippen LogP contribution in [0.3, 0.4) is 0 Å². The Balaban J connectivity index is 2.12. The first-order valence-corrected chi connectivity index (χ1v) is 9.23. The van der Waals surface area contributed by atoms with E-state index < -0.39 is 9.84 Å². The lowest BCUT2D eigenvalue weighted by molar-refractivity contribution is 0.592. The number of benzene rings is 1. The minimum absolute atomic E-state index is 0.238. The second-order valence-electron chi connectivity index (χ2n) is 5.10. The van der Waals surface area contributed by atoms with Gasteiger partial charge in [-0.15, -0.1) is 0 Å². The lowest BCUT2D eigenvalue weighted by Crippen LogP contribution is -2.08. The van der Waals surface area contributed by atoms with E-state index in [1.807, 2.05) is 12.1 Å². The second-order valence-corrected chi connectivity index (χ2v) is 7.42. The maximum Gasteiger partial charge on any atom is 0.248 e. The molecule has 2 aromatic heterocycles. The quantitative estimate of drug-likeness (QED) is 0.709. The fraction of sp³-hybridized carbons (Fsp3) is 0.133. The van der Waals surface area contributed by atoms with Gasteiger partial charge >= 0.3 is 0 Å². The van der Waals surface area contributed by atoms with Crippen LogP contribution in [0.2, 0.25) is 5.02 Å². The highest BCUT2D eigenvalue weighted by Gasteiger charge is 2.15. The lowest BCUT2D eigenvalue weighted by Gasteiger charge is -2.09. The third-order valence-electron chi connectivity index (χ3n) is 3.36. The van der Waals surface area contributed by atoms with Crippen LogP contribution in [0.15, 0.2) is 48.0 Å². The lowest BCUT2D eigenvalue weighted by atomic mass is 10.1. The van der Waals surface area contributed by atoms with Gasteiger partial charge in [0.2, 0.25) is 15.0 Å². The molecule has 9 heteroatoms. The maximum absolute atomic E-state index is 11.7. The van der Waals surface area contributed by atoms with Crippen LogP contribution in [0.5, 0.6) is 0 Å². The minimum atomic E-state index is -3.50. The molecule has 3 aromatic rings. The summed E-state index contributed by atoms with van der Waals surface area (Å²) in [4.78, 5) is 12.2. The van der Waals surface area contributed by atoms with Crippen molar-refractivity contribution in [3.63, 3.8) is 0 Å². The molecule has 1 aromatic carbocycles. The zero-order valence-electron chi connectivity index (χ0n) is 12.7. The van der Waals surface area contributed by atoms with E-state index in [0.29, 0.717) is 23.2 Å². The Labute approximate surface area is 144 Å². The molecule has 0 amide bonds. The van der Waals surface area contributed by atoms with E-state index in [2.05, 4.69) is 15.0 Å². The van der Waals surface area contributed by atoms with Crippen molar-refractivity contribution in [3.05, 3.63) is 53.4 Å². The summed E-state index contributed by atoms with van der Waals surface area (Å²) in [5.74, 6) is 1.00. The molecule has 2 heterocycles. The Morgan fingerprint density at radius 2 is 2.00 bits per heavy atom. The van der Waals surface area contributed by atoms with Gasteiger partial charge in [-0.25, -0.2) is 23.4 Å². The smallest absolute Gasteiger partial charge is 0.248 e. The predicted molar refractivity (Wildman–Crippen MR) is 90.6 cm³/mol. The monoisotopic (exact) mass is 363 g/mol. The van der Waals surface area contributed by atoms with Crippen LogP contribution < -0.4 is 5.73 Å². The van der Waals surface area contributed by atoms with E-state index in [1.165, 1.54) is 6.20 Å². The number of hydrogen-bond acceptors (Lipinski definition) is 6. The molecule has 0 saturated carbocycles. The number of hydrogen-bond donors (Lipinski definition) is 1. The predicted octanol–water partition coefficient (Wildman–Crippen LogP) is 1.84. The van der Waals surface area contributed by atoms with Crippen molar-refractivity contribution in [2.75, 3.05) is 6.26 Å². The van der Waals surface area contributed by atoms with Gasteiger partial charge in [0.25, 0.3) is 0 Å². The summed E-state index contributed by atoms with van der Waals surface area (Å²) >= 11 is 6.09. The first-order valence-electron chi connectivity index (χ1n) is 6.96. The molecule has 7 nitrogen and oxygen atoms in total. The van der Waals surface area contributed by atoms with Gasteiger partial charge in [-0.05, 0) is 29.8 Å². The molecule has 0 radical (unpaired) electrons. The van der Waals surface area contributed by atoms with Gasteiger partial charge in [0.1, 0.15) is 11.6 Å². The fourth-order valence-electron chi connectivity index (χ4n) is 2.22. The number of rotatable bonds is 4. The minimum Gasteiger partial charge on any atom is -0.326 e. The molecule has 0 aliphatic carbocycles. The summed E-state index contributed by atoms with van der Waals surface area (Å²) in [6.45, 7) is 0.305. The fourth-order valence-corrected chi connectivity index (χ4v) is 2.92. The van der Waals surface area contributed by atoms with Gasteiger partial charge in [0.15, 0.2) is 0 Å². The van der Waals surface area contributed by atoms with Crippen molar-refractivity contribution in [2.45, 2.75) is 11.7 Å². The molecule has 124 valence electrons. The summed E-state index contributed by atoms with van der Waals surface area (Å²) in [5.41, 5.74) is 7.28. The average Bonchev–Trinajstić information content (AvgIpc) is 3.04. The van der Waals surface area contributed by atoms with Crippen molar-refractivity contribution >= 4 is 21.4 Å². The second kappa shape index (κ2) is 6.31. The van der Waals surface area contributed by atoms with Gasteiger partial charge in [0.05, 0.1) is 0 Å². The highest BCUT2D eigenvalue weighted by Crippen LogP contribution is 2.25. The van der Waals surface area contributed by atoms with Crippen molar-refractivity contribution in [1.82, 2.24) is 19.5 Å². The topological polar surface area (TPSA) is 104 Å². The third-order valence-corrected chi connectivity index (χ3v) is 4.59. The van der Waals surface area contributed by atoms with Crippen molar-refractivity contribution in [3.8, 4) is 17.2 Å². The van der Waals surface area contributed by atoms with Gasteiger partial charge in [-0.2, -0.15) is 0 Å². The number of aromatic nitrogens is 4. The van der Waals surface area contributed by atoms with Crippen molar-refractivity contribution in [1.29, 1.82) is 0 Å². The van der Waals surface area contributed by atoms with E-state index in [4.69, 9.17) is 17.3 Å². The molecule has 0 unspecified atom stereocenters. The number of sulfone groups is 1. The number of imidazole rings is 1. The van der Waals surface area contributed by atoms with Gasteiger partial charge in [0, 0.05) is 42.0 Å². The van der Waals surface area contributed by atoms with Crippen LogP contribution in [0.25, 0.3) is 17.2 Å². The molecule has 0 spiro atoms. The summed E-state index contributed by atoms with van der Waals surface area (Å²) in [6, 6.07) is 7.03. The largest absolute Gasteiger partial charge is 0.326 e. The van der Waals surface area contributed by atoms with E-state index in [1.54, 1.807) is 29.1 Å². The first-order chi connectivity index (χ1) is 11.4. The Kier molecular flexibility index (Phi) is 4.35. The van der Waals surface area contributed by atoms with Crippen LogP contribution in [0.1, 0.15) is 5.56 Å². The summed E-state index contributed by atoms with van der Waals surface area (Å²) in [7, 11) is -3.50. The van der Waals surface area contributed by atoms with E-state index >= 15 is 0 Å². The van der Waals surface area contributed by atoms with Crippen molar-refractivity contribution < 1.29 is 8.42 Å². The van der Waals surface area contributed by atoms with Crippen LogP contribution in [0.4, 0.5) is 0 Å². The number of nitrogens with zero attached hydrogens (tertiary/aromatic N) is 4. The van der Waals surface area contributed by atoms with Gasteiger partial charge in [-0.1, -0.05) is 11.6 Å². The van der Waals surface area contributed by atoms with Crippen LogP contribution in [-0.2, 0) is 16.4 Å². The number of nitrogens with two attached hydrogens (primary N) is 1. The average molecular weight is 364 g/mol. The van der Waals surface area contributed by atoms with E-state index in [9.17, 15) is 8.42 Å². The molecule has 2 N–H and O–H groups in total. The molecule has 0 atom stereocenters. The molecule has 3 rings (SSSR count). The molecular weight excluding hydrogens is 350 g/mol. The number of halogens is 1. The Hall–Kier alpha value is -2.29. The summed E-state index contributed by atoms with van der Waals surface area (Å²) < 4.78 is 25.0. The molecule has 0 aliphatic rings.